The molecule has 112 valence electrons. The maximum Gasteiger partial charge on any atom is 0.224 e. The Bertz CT molecular complexity index is 413. The zero-order valence-corrected chi connectivity index (χ0v) is 12.7. The van der Waals surface area contributed by atoms with E-state index in [2.05, 4.69) is 17.2 Å². The quantitative estimate of drug-likeness (QED) is 0.526. The van der Waals surface area contributed by atoms with Gasteiger partial charge in [0.1, 0.15) is 0 Å². The number of carbonyl (C=O) groups is 2. The van der Waals surface area contributed by atoms with E-state index < -0.39 is 0 Å². The highest BCUT2D eigenvalue weighted by Gasteiger charge is 2.55. The Labute approximate surface area is 121 Å². The van der Waals surface area contributed by atoms with Gasteiger partial charge in [-0.25, -0.2) is 0 Å². The van der Waals surface area contributed by atoms with Gasteiger partial charge in [-0.2, -0.15) is 0 Å². The van der Waals surface area contributed by atoms with Gasteiger partial charge in [-0.1, -0.05) is 25.0 Å². The summed E-state index contributed by atoms with van der Waals surface area (Å²) in [5, 5.41) is 5.82. The number of rotatable bonds is 8. The van der Waals surface area contributed by atoms with Crippen molar-refractivity contribution >= 4 is 12.3 Å². The first-order valence-corrected chi connectivity index (χ1v) is 7.52. The van der Waals surface area contributed by atoms with E-state index in [1.807, 2.05) is 20.8 Å². The van der Waals surface area contributed by atoms with Crippen LogP contribution in [0.2, 0.25) is 0 Å². The molecule has 3 atom stereocenters. The second kappa shape index (κ2) is 5.58. The standard InChI is InChI=1S/C16H26N2O2/c1-10(2)16(3,4)18-15(20)14-12(7-11-5-6-11)13(14)8-17-9-19/h9,11-14H,1,5-8H2,2-4H3,(H,17,19)(H,18,20). The molecular formula is C16H26N2O2. The van der Waals surface area contributed by atoms with Crippen molar-refractivity contribution in [3.05, 3.63) is 12.2 Å². The molecule has 2 fully saturated rings. The second-order valence-electron chi connectivity index (χ2n) is 6.95. The van der Waals surface area contributed by atoms with Gasteiger partial charge in [0.25, 0.3) is 0 Å². The van der Waals surface area contributed by atoms with E-state index in [1.54, 1.807) is 0 Å². The van der Waals surface area contributed by atoms with Crippen molar-refractivity contribution in [3.8, 4) is 0 Å². The van der Waals surface area contributed by atoms with Crippen LogP contribution in [0, 0.1) is 23.7 Å². The highest BCUT2D eigenvalue weighted by atomic mass is 16.2. The smallest absolute Gasteiger partial charge is 0.224 e. The second-order valence-corrected chi connectivity index (χ2v) is 6.95. The Morgan fingerprint density at radius 2 is 2.00 bits per heavy atom. The lowest BCUT2D eigenvalue weighted by molar-refractivity contribution is -0.124. The van der Waals surface area contributed by atoms with E-state index in [0.717, 1.165) is 24.3 Å². The highest BCUT2D eigenvalue weighted by Crippen LogP contribution is 2.53. The molecule has 2 N–H and O–H groups in total. The first-order valence-electron chi connectivity index (χ1n) is 7.52. The average Bonchev–Trinajstić information content (AvgIpc) is 3.24. The molecule has 2 aliphatic carbocycles. The minimum absolute atomic E-state index is 0.0571. The SMILES string of the molecule is C=C(C)C(C)(C)NC(=O)C1C(CNC=O)C1CC1CC1. The number of amides is 2. The molecule has 0 radical (unpaired) electrons. The average molecular weight is 278 g/mol. The molecule has 0 spiro atoms. The number of carbonyl (C=O) groups excluding carboxylic acids is 2. The maximum absolute atomic E-state index is 12.4. The molecule has 0 heterocycles. The molecule has 0 aromatic rings. The van der Waals surface area contributed by atoms with Gasteiger partial charge < -0.3 is 10.6 Å². The first kappa shape index (κ1) is 15.1. The molecule has 0 saturated heterocycles. The Balaban J connectivity index is 1.92. The predicted octanol–water partition coefficient (Wildman–Crippen LogP) is 1.87. The largest absolute Gasteiger partial charge is 0.358 e. The molecule has 0 aromatic heterocycles. The van der Waals surface area contributed by atoms with Crippen molar-refractivity contribution in [2.45, 2.75) is 45.6 Å². The van der Waals surface area contributed by atoms with Gasteiger partial charge in [-0.3, -0.25) is 9.59 Å². The summed E-state index contributed by atoms with van der Waals surface area (Å²) < 4.78 is 0. The van der Waals surface area contributed by atoms with Crippen molar-refractivity contribution < 1.29 is 9.59 Å². The fourth-order valence-corrected chi connectivity index (χ4v) is 2.85. The van der Waals surface area contributed by atoms with Crippen molar-refractivity contribution in [3.63, 3.8) is 0 Å². The van der Waals surface area contributed by atoms with Gasteiger partial charge in [0.05, 0.1) is 5.54 Å². The molecule has 0 aromatic carbocycles. The molecule has 2 amide bonds. The van der Waals surface area contributed by atoms with Gasteiger partial charge in [-0.05, 0) is 44.9 Å². The van der Waals surface area contributed by atoms with Crippen LogP contribution in [-0.2, 0) is 9.59 Å². The van der Waals surface area contributed by atoms with Crippen molar-refractivity contribution in [1.82, 2.24) is 10.6 Å². The zero-order valence-electron chi connectivity index (χ0n) is 12.7. The fourth-order valence-electron chi connectivity index (χ4n) is 2.85. The van der Waals surface area contributed by atoms with Gasteiger partial charge in [0.2, 0.25) is 12.3 Å². The van der Waals surface area contributed by atoms with Crippen molar-refractivity contribution in [2.24, 2.45) is 23.7 Å². The van der Waals surface area contributed by atoms with Gasteiger partial charge in [0, 0.05) is 12.5 Å². The fraction of sp³-hybridized carbons (Fsp3) is 0.750. The summed E-state index contributed by atoms with van der Waals surface area (Å²) in [5.41, 5.74) is 0.583. The first-order chi connectivity index (χ1) is 9.36. The number of hydrogen-bond acceptors (Lipinski definition) is 2. The van der Waals surface area contributed by atoms with Crippen molar-refractivity contribution in [2.75, 3.05) is 6.54 Å². The van der Waals surface area contributed by atoms with E-state index in [4.69, 9.17) is 0 Å². The lowest BCUT2D eigenvalue weighted by Crippen LogP contribution is -2.45. The summed E-state index contributed by atoms with van der Waals surface area (Å²) in [7, 11) is 0. The Morgan fingerprint density at radius 3 is 2.50 bits per heavy atom. The molecule has 2 saturated carbocycles. The Kier molecular flexibility index (Phi) is 4.21. The summed E-state index contributed by atoms with van der Waals surface area (Å²) in [6.45, 7) is 10.4. The third-order valence-electron chi connectivity index (χ3n) is 4.88. The highest BCUT2D eigenvalue weighted by molar-refractivity contribution is 5.83. The van der Waals surface area contributed by atoms with Crippen LogP contribution >= 0.6 is 0 Å². The summed E-state index contributed by atoms with van der Waals surface area (Å²) in [6, 6.07) is 0. The van der Waals surface area contributed by atoms with Gasteiger partial charge in [-0.15, -0.1) is 0 Å². The van der Waals surface area contributed by atoms with Crippen molar-refractivity contribution in [1.29, 1.82) is 0 Å². The molecule has 3 unspecified atom stereocenters. The van der Waals surface area contributed by atoms with E-state index in [9.17, 15) is 9.59 Å². The monoisotopic (exact) mass is 278 g/mol. The molecule has 0 bridgehead atoms. The molecular weight excluding hydrogens is 252 g/mol. The normalized spacial score (nSPS) is 28.6. The van der Waals surface area contributed by atoms with Crippen LogP contribution in [0.3, 0.4) is 0 Å². The van der Waals surface area contributed by atoms with Crippen LogP contribution in [0.4, 0.5) is 0 Å². The Hall–Kier alpha value is -1.32. The zero-order chi connectivity index (χ0) is 14.9. The van der Waals surface area contributed by atoms with Crippen LogP contribution in [-0.4, -0.2) is 24.4 Å². The van der Waals surface area contributed by atoms with Crippen LogP contribution in [0.25, 0.3) is 0 Å². The van der Waals surface area contributed by atoms with Crippen LogP contribution < -0.4 is 10.6 Å². The van der Waals surface area contributed by atoms with E-state index >= 15 is 0 Å². The minimum atomic E-state index is -0.369. The maximum atomic E-state index is 12.4. The van der Waals surface area contributed by atoms with E-state index in [1.165, 1.54) is 12.8 Å². The summed E-state index contributed by atoms with van der Waals surface area (Å²) in [4.78, 5) is 22.9. The van der Waals surface area contributed by atoms with Crippen LogP contribution in [0.5, 0.6) is 0 Å². The summed E-state index contributed by atoms with van der Waals surface area (Å²) in [6.07, 6.45) is 4.46. The molecule has 20 heavy (non-hydrogen) atoms. The number of nitrogens with one attached hydrogen (secondary N) is 2. The lowest BCUT2D eigenvalue weighted by atomic mass is 9.96. The van der Waals surface area contributed by atoms with Crippen LogP contribution in [0.1, 0.15) is 40.0 Å². The minimum Gasteiger partial charge on any atom is -0.358 e. The summed E-state index contributed by atoms with van der Waals surface area (Å²) in [5.74, 6) is 1.73. The molecule has 4 heteroatoms. The Morgan fingerprint density at radius 1 is 1.35 bits per heavy atom. The summed E-state index contributed by atoms with van der Waals surface area (Å²) >= 11 is 0. The van der Waals surface area contributed by atoms with Gasteiger partial charge >= 0.3 is 0 Å². The van der Waals surface area contributed by atoms with E-state index in [0.29, 0.717) is 18.4 Å². The number of hydrogen-bond donors (Lipinski definition) is 2. The van der Waals surface area contributed by atoms with E-state index in [-0.39, 0.29) is 17.4 Å². The lowest BCUT2D eigenvalue weighted by Gasteiger charge is -2.27. The third kappa shape index (κ3) is 3.41. The third-order valence-corrected chi connectivity index (χ3v) is 4.88. The molecule has 2 aliphatic rings. The molecule has 4 nitrogen and oxygen atoms in total. The molecule has 0 aliphatic heterocycles. The predicted molar refractivity (Wildman–Crippen MR) is 78.9 cm³/mol. The topological polar surface area (TPSA) is 58.2 Å². The van der Waals surface area contributed by atoms with Gasteiger partial charge in [0.15, 0.2) is 0 Å². The molecule has 2 rings (SSSR count). The van der Waals surface area contributed by atoms with Crippen LogP contribution in [0.15, 0.2) is 12.2 Å².